The van der Waals surface area contributed by atoms with Crippen LogP contribution in [-0.2, 0) is 16.0 Å². The van der Waals surface area contributed by atoms with Crippen molar-refractivity contribution in [2.75, 3.05) is 0 Å². The van der Waals surface area contributed by atoms with Gasteiger partial charge in [0.15, 0.2) is 0 Å². The molecule has 0 saturated heterocycles. The molecule has 0 atom stereocenters. The minimum Gasteiger partial charge on any atom is -0.483 e. The molecule has 1 aliphatic carbocycles. The lowest BCUT2D eigenvalue weighted by molar-refractivity contribution is -0.123. The van der Waals surface area contributed by atoms with E-state index in [0.29, 0.717) is 5.78 Å². The van der Waals surface area contributed by atoms with Crippen LogP contribution in [-0.4, -0.2) is 17.4 Å². The third kappa shape index (κ3) is 5.29. The van der Waals surface area contributed by atoms with Crippen molar-refractivity contribution in [2.24, 2.45) is 5.92 Å². The maximum absolute atomic E-state index is 11.1. The molecule has 0 aliphatic heterocycles. The van der Waals surface area contributed by atoms with E-state index in [1.807, 2.05) is 6.07 Å². The van der Waals surface area contributed by atoms with Crippen molar-refractivity contribution in [2.45, 2.75) is 32.1 Å². The quantitative estimate of drug-likeness (QED) is 0.800. The van der Waals surface area contributed by atoms with Gasteiger partial charge in [-0.3, -0.25) is 9.59 Å². The number of rotatable bonds is 2. The third-order valence-corrected chi connectivity index (χ3v) is 3.03. The molecule has 1 fully saturated rings. The van der Waals surface area contributed by atoms with Crippen LogP contribution >= 0.6 is 0 Å². The second-order valence-corrected chi connectivity index (χ2v) is 4.28. The highest BCUT2D eigenvalue weighted by Gasteiger charge is 2.18. The van der Waals surface area contributed by atoms with Gasteiger partial charge in [-0.15, -0.1) is 0 Å². The first kappa shape index (κ1) is 13.4. The Morgan fingerprint density at radius 2 is 1.71 bits per heavy atom. The number of carbonyl (C=O) groups is 2. The average molecular weight is 234 g/mol. The Morgan fingerprint density at radius 3 is 2.24 bits per heavy atom. The van der Waals surface area contributed by atoms with E-state index >= 15 is 0 Å². The molecule has 0 spiro atoms. The van der Waals surface area contributed by atoms with Gasteiger partial charge < -0.3 is 5.11 Å². The van der Waals surface area contributed by atoms with Crippen molar-refractivity contribution in [3.05, 3.63) is 35.9 Å². The fourth-order valence-electron chi connectivity index (χ4n) is 2.15. The fraction of sp³-hybridized carbons (Fsp3) is 0.429. The highest BCUT2D eigenvalue weighted by molar-refractivity contribution is 5.79. The Balaban J connectivity index is 0.000000437. The van der Waals surface area contributed by atoms with E-state index in [-0.39, 0.29) is 6.47 Å². The topological polar surface area (TPSA) is 54.4 Å². The molecule has 0 radical (unpaired) electrons. The SMILES string of the molecule is O=C1CCC(Cc2ccccc2)CC1.O=CO. The zero-order chi connectivity index (χ0) is 12.5. The molecular weight excluding hydrogens is 216 g/mol. The third-order valence-electron chi connectivity index (χ3n) is 3.03. The summed E-state index contributed by atoms with van der Waals surface area (Å²) in [7, 11) is 0. The van der Waals surface area contributed by atoms with Crippen LogP contribution in [0.5, 0.6) is 0 Å². The highest BCUT2D eigenvalue weighted by Crippen LogP contribution is 2.24. The molecule has 2 rings (SSSR count). The first-order chi connectivity index (χ1) is 8.26. The molecule has 1 aromatic rings. The molecule has 1 aliphatic rings. The smallest absolute Gasteiger partial charge is 0.290 e. The van der Waals surface area contributed by atoms with Gasteiger partial charge in [0.2, 0.25) is 0 Å². The fourth-order valence-corrected chi connectivity index (χ4v) is 2.15. The number of ketones is 1. The second kappa shape index (κ2) is 7.60. The van der Waals surface area contributed by atoms with Gasteiger partial charge in [-0.2, -0.15) is 0 Å². The van der Waals surface area contributed by atoms with Crippen molar-refractivity contribution in [1.29, 1.82) is 0 Å². The Labute approximate surface area is 101 Å². The van der Waals surface area contributed by atoms with Crippen LogP contribution in [0.2, 0.25) is 0 Å². The molecule has 3 heteroatoms. The first-order valence-electron chi connectivity index (χ1n) is 5.89. The molecule has 0 amide bonds. The van der Waals surface area contributed by atoms with E-state index < -0.39 is 0 Å². The molecule has 92 valence electrons. The van der Waals surface area contributed by atoms with E-state index in [4.69, 9.17) is 9.90 Å². The van der Waals surface area contributed by atoms with Crippen LogP contribution in [0.3, 0.4) is 0 Å². The molecule has 0 heterocycles. The van der Waals surface area contributed by atoms with Gasteiger partial charge in [-0.1, -0.05) is 30.3 Å². The Morgan fingerprint density at radius 1 is 1.18 bits per heavy atom. The summed E-state index contributed by atoms with van der Waals surface area (Å²) < 4.78 is 0. The first-order valence-corrected chi connectivity index (χ1v) is 5.89. The number of benzene rings is 1. The predicted octanol–water partition coefficient (Wildman–Crippen LogP) is 2.69. The summed E-state index contributed by atoms with van der Waals surface area (Å²) in [6.07, 6.45) is 4.94. The number of carboxylic acid groups (broad SMARTS) is 1. The Hall–Kier alpha value is -1.64. The zero-order valence-corrected chi connectivity index (χ0v) is 9.84. The molecule has 1 saturated carbocycles. The maximum Gasteiger partial charge on any atom is 0.290 e. The summed E-state index contributed by atoms with van der Waals surface area (Å²) in [6, 6.07) is 10.6. The summed E-state index contributed by atoms with van der Waals surface area (Å²) in [5, 5.41) is 6.89. The van der Waals surface area contributed by atoms with Gasteiger partial charge in [0, 0.05) is 12.8 Å². The van der Waals surface area contributed by atoms with Crippen LogP contribution in [0.15, 0.2) is 30.3 Å². The van der Waals surface area contributed by atoms with Crippen LogP contribution in [0, 0.1) is 5.92 Å². The van der Waals surface area contributed by atoms with Gasteiger partial charge in [-0.25, -0.2) is 0 Å². The monoisotopic (exact) mass is 234 g/mol. The standard InChI is InChI=1S/C13H16O.CH2O2/c14-13-8-6-12(7-9-13)10-11-4-2-1-3-5-11;2-1-3/h1-5,12H,6-10H2;1H,(H,2,3). The number of Topliss-reactive ketones (excluding diaryl/α,β-unsaturated/α-hetero) is 1. The summed E-state index contributed by atoms with van der Waals surface area (Å²) in [4.78, 5) is 19.4. The van der Waals surface area contributed by atoms with E-state index in [0.717, 1.165) is 38.0 Å². The second-order valence-electron chi connectivity index (χ2n) is 4.28. The number of hydrogen-bond acceptors (Lipinski definition) is 2. The van der Waals surface area contributed by atoms with Crippen molar-refractivity contribution in [1.82, 2.24) is 0 Å². The van der Waals surface area contributed by atoms with Gasteiger partial charge in [0.05, 0.1) is 0 Å². The van der Waals surface area contributed by atoms with Crippen LogP contribution < -0.4 is 0 Å². The number of hydrogen-bond donors (Lipinski definition) is 1. The molecule has 3 nitrogen and oxygen atoms in total. The minimum atomic E-state index is -0.250. The van der Waals surface area contributed by atoms with Gasteiger partial charge >= 0.3 is 0 Å². The Kier molecular flexibility index (Phi) is 6.00. The number of carbonyl (C=O) groups excluding carboxylic acids is 1. The summed E-state index contributed by atoms with van der Waals surface area (Å²) in [5.41, 5.74) is 1.41. The van der Waals surface area contributed by atoms with Crippen molar-refractivity contribution >= 4 is 12.3 Å². The van der Waals surface area contributed by atoms with E-state index in [1.54, 1.807) is 0 Å². The Bertz CT molecular complexity index is 336. The van der Waals surface area contributed by atoms with Crippen molar-refractivity contribution in [3.8, 4) is 0 Å². The largest absolute Gasteiger partial charge is 0.483 e. The molecule has 1 N–H and O–H groups in total. The maximum atomic E-state index is 11.1. The summed E-state index contributed by atoms with van der Waals surface area (Å²) >= 11 is 0. The predicted molar refractivity (Wildman–Crippen MR) is 65.8 cm³/mol. The van der Waals surface area contributed by atoms with Crippen molar-refractivity contribution < 1.29 is 14.7 Å². The van der Waals surface area contributed by atoms with Crippen molar-refractivity contribution in [3.63, 3.8) is 0 Å². The van der Waals surface area contributed by atoms with Gasteiger partial charge in [-0.05, 0) is 30.7 Å². The minimum absolute atomic E-state index is 0.250. The van der Waals surface area contributed by atoms with E-state index in [1.165, 1.54) is 5.56 Å². The lowest BCUT2D eigenvalue weighted by Gasteiger charge is -2.20. The van der Waals surface area contributed by atoms with E-state index in [2.05, 4.69) is 24.3 Å². The normalized spacial score (nSPS) is 15.9. The van der Waals surface area contributed by atoms with Crippen LogP contribution in [0.4, 0.5) is 0 Å². The lowest BCUT2D eigenvalue weighted by atomic mass is 9.84. The molecule has 17 heavy (non-hydrogen) atoms. The van der Waals surface area contributed by atoms with Gasteiger partial charge in [0.25, 0.3) is 6.47 Å². The zero-order valence-electron chi connectivity index (χ0n) is 9.84. The molecule has 0 unspecified atom stereocenters. The lowest BCUT2D eigenvalue weighted by Crippen LogP contribution is -2.15. The van der Waals surface area contributed by atoms with Crippen LogP contribution in [0.1, 0.15) is 31.2 Å². The molecule has 0 bridgehead atoms. The van der Waals surface area contributed by atoms with Crippen LogP contribution in [0.25, 0.3) is 0 Å². The summed E-state index contributed by atoms with van der Waals surface area (Å²) in [6.45, 7) is -0.250. The summed E-state index contributed by atoms with van der Waals surface area (Å²) in [5.74, 6) is 1.18. The van der Waals surface area contributed by atoms with E-state index in [9.17, 15) is 4.79 Å². The molecular formula is C14H18O3. The highest BCUT2D eigenvalue weighted by atomic mass is 16.3. The molecule has 1 aromatic carbocycles. The van der Waals surface area contributed by atoms with Gasteiger partial charge in [0.1, 0.15) is 5.78 Å². The average Bonchev–Trinajstić information content (AvgIpc) is 2.35. The molecule has 0 aromatic heterocycles.